The van der Waals surface area contributed by atoms with E-state index < -0.39 is 0 Å². The third-order valence-corrected chi connectivity index (χ3v) is 4.62. The molecule has 0 amide bonds. The average Bonchev–Trinajstić information content (AvgIpc) is 2.69. The van der Waals surface area contributed by atoms with Crippen LogP contribution in [0.4, 0.5) is 17.3 Å². The van der Waals surface area contributed by atoms with Gasteiger partial charge in [-0.25, -0.2) is 9.97 Å². The first-order valence-electron chi connectivity index (χ1n) is 9.12. The lowest BCUT2D eigenvalue weighted by Crippen LogP contribution is -2.08. The van der Waals surface area contributed by atoms with Gasteiger partial charge >= 0.3 is 0 Å². The van der Waals surface area contributed by atoms with E-state index in [0.717, 1.165) is 46.2 Å². The maximum Gasteiger partial charge on any atom is 0.136 e. The van der Waals surface area contributed by atoms with Gasteiger partial charge in [0.05, 0.1) is 11.2 Å². The van der Waals surface area contributed by atoms with Crippen LogP contribution >= 0.6 is 11.6 Å². The summed E-state index contributed by atoms with van der Waals surface area (Å²) in [6.07, 6.45) is 2.68. The lowest BCUT2D eigenvalue weighted by molar-refractivity contribution is 0.983. The summed E-state index contributed by atoms with van der Waals surface area (Å²) in [5, 5.41) is 8.58. The fourth-order valence-electron chi connectivity index (χ4n) is 3.05. The van der Waals surface area contributed by atoms with E-state index in [-0.39, 0.29) is 0 Å². The fraction of sp³-hybridized carbons (Fsp3) is 0.136. The molecule has 0 aliphatic heterocycles. The predicted molar refractivity (Wildman–Crippen MR) is 115 cm³/mol. The van der Waals surface area contributed by atoms with Crippen LogP contribution < -0.4 is 10.6 Å². The Kier molecular flexibility index (Phi) is 5.35. The van der Waals surface area contributed by atoms with Gasteiger partial charge < -0.3 is 10.6 Å². The molecule has 0 spiro atoms. The van der Waals surface area contributed by atoms with E-state index >= 15 is 0 Å². The van der Waals surface area contributed by atoms with Gasteiger partial charge in [0.2, 0.25) is 0 Å². The van der Waals surface area contributed by atoms with Gasteiger partial charge in [0, 0.05) is 29.2 Å². The van der Waals surface area contributed by atoms with Crippen molar-refractivity contribution in [3.63, 3.8) is 0 Å². The molecule has 2 aromatic carbocycles. The fourth-order valence-corrected chi connectivity index (χ4v) is 3.18. The number of nitrogens with zero attached hydrogens (tertiary/aromatic N) is 3. The van der Waals surface area contributed by atoms with Gasteiger partial charge in [-0.1, -0.05) is 41.9 Å². The van der Waals surface area contributed by atoms with Crippen molar-refractivity contribution in [2.75, 3.05) is 17.2 Å². The smallest absolute Gasteiger partial charge is 0.136 e. The van der Waals surface area contributed by atoms with Crippen molar-refractivity contribution in [2.45, 2.75) is 13.3 Å². The lowest BCUT2D eigenvalue weighted by atomic mass is 10.1. The van der Waals surface area contributed by atoms with Crippen LogP contribution in [0.5, 0.6) is 0 Å². The summed E-state index contributed by atoms with van der Waals surface area (Å²) in [5.41, 5.74) is 3.06. The molecule has 0 radical (unpaired) electrons. The Morgan fingerprint density at radius 3 is 2.57 bits per heavy atom. The summed E-state index contributed by atoms with van der Waals surface area (Å²) >= 11 is 5.94. The third kappa shape index (κ3) is 4.38. The van der Waals surface area contributed by atoms with Crippen LogP contribution in [-0.4, -0.2) is 21.5 Å². The Hall–Kier alpha value is -3.18. The number of benzene rings is 2. The van der Waals surface area contributed by atoms with Crippen molar-refractivity contribution in [2.24, 2.45) is 0 Å². The molecule has 0 saturated carbocycles. The summed E-state index contributed by atoms with van der Waals surface area (Å²) in [5.74, 6) is 2.23. The third-order valence-electron chi connectivity index (χ3n) is 4.37. The number of aryl methyl sites for hydroxylation is 1. The number of fused-ring (bicyclic) bond motifs is 1. The molecule has 0 atom stereocenters. The average molecular weight is 390 g/mol. The van der Waals surface area contributed by atoms with Gasteiger partial charge in [0.1, 0.15) is 17.5 Å². The van der Waals surface area contributed by atoms with Gasteiger partial charge in [-0.15, -0.1) is 0 Å². The molecular formula is C22H20ClN5. The van der Waals surface area contributed by atoms with Crippen molar-refractivity contribution in [3.8, 4) is 0 Å². The van der Waals surface area contributed by atoms with E-state index in [9.17, 15) is 0 Å². The SMILES string of the molecule is Cc1nc(NCCc2ccc(Cl)cc2)cc(Nc2cccc3cccnc23)n1. The Morgan fingerprint density at radius 1 is 0.929 bits per heavy atom. The minimum Gasteiger partial charge on any atom is -0.370 e. The zero-order chi connectivity index (χ0) is 19.3. The maximum atomic E-state index is 5.94. The highest BCUT2D eigenvalue weighted by molar-refractivity contribution is 6.30. The molecule has 0 fully saturated rings. The monoisotopic (exact) mass is 389 g/mol. The number of hydrogen-bond acceptors (Lipinski definition) is 5. The Morgan fingerprint density at radius 2 is 1.71 bits per heavy atom. The Balaban J connectivity index is 1.48. The zero-order valence-electron chi connectivity index (χ0n) is 15.5. The highest BCUT2D eigenvalue weighted by Gasteiger charge is 2.06. The number of anilines is 3. The molecule has 2 aromatic heterocycles. The second-order valence-corrected chi connectivity index (χ2v) is 6.93. The second-order valence-electron chi connectivity index (χ2n) is 6.49. The van der Waals surface area contributed by atoms with Crippen molar-refractivity contribution in [1.82, 2.24) is 15.0 Å². The first kappa shape index (κ1) is 18.2. The van der Waals surface area contributed by atoms with Crippen LogP contribution in [0.25, 0.3) is 10.9 Å². The van der Waals surface area contributed by atoms with Crippen molar-refractivity contribution >= 4 is 39.8 Å². The van der Waals surface area contributed by atoms with Crippen LogP contribution in [0.15, 0.2) is 66.9 Å². The van der Waals surface area contributed by atoms with E-state index in [1.165, 1.54) is 5.56 Å². The molecule has 2 N–H and O–H groups in total. The van der Waals surface area contributed by atoms with Gasteiger partial charge in [-0.3, -0.25) is 4.98 Å². The number of pyridine rings is 1. The topological polar surface area (TPSA) is 62.7 Å². The highest BCUT2D eigenvalue weighted by atomic mass is 35.5. The molecule has 4 aromatic rings. The standard InChI is InChI=1S/C22H20ClN5/c1-15-26-20(24-13-11-16-7-9-18(23)10-8-16)14-21(27-15)28-19-6-2-4-17-5-3-12-25-22(17)19/h2-10,12,14H,11,13H2,1H3,(H2,24,26,27,28). The number of halogens is 1. The molecule has 5 nitrogen and oxygen atoms in total. The van der Waals surface area contributed by atoms with E-state index in [1.807, 2.05) is 67.6 Å². The number of hydrogen-bond donors (Lipinski definition) is 2. The van der Waals surface area contributed by atoms with Crippen LogP contribution in [0.3, 0.4) is 0 Å². The van der Waals surface area contributed by atoms with Crippen LogP contribution in [0, 0.1) is 6.92 Å². The summed E-state index contributed by atoms with van der Waals surface area (Å²) in [6, 6.07) is 19.8. The molecule has 0 unspecified atom stereocenters. The first-order chi connectivity index (χ1) is 13.7. The molecule has 0 saturated heterocycles. The second kappa shape index (κ2) is 8.23. The van der Waals surface area contributed by atoms with E-state index in [2.05, 4.69) is 25.6 Å². The predicted octanol–water partition coefficient (Wildman–Crippen LogP) is 5.38. The van der Waals surface area contributed by atoms with E-state index in [0.29, 0.717) is 5.82 Å². The number of rotatable bonds is 6. The molecule has 4 rings (SSSR count). The zero-order valence-corrected chi connectivity index (χ0v) is 16.2. The molecule has 2 heterocycles. The number of aromatic nitrogens is 3. The van der Waals surface area contributed by atoms with Crippen LogP contribution in [0.1, 0.15) is 11.4 Å². The minimum absolute atomic E-state index is 0.701. The Labute approximate surface area is 168 Å². The van der Waals surface area contributed by atoms with Gasteiger partial charge in [0.25, 0.3) is 0 Å². The van der Waals surface area contributed by atoms with E-state index in [1.54, 1.807) is 6.20 Å². The van der Waals surface area contributed by atoms with E-state index in [4.69, 9.17) is 11.6 Å². The molecule has 28 heavy (non-hydrogen) atoms. The molecule has 0 aliphatic carbocycles. The van der Waals surface area contributed by atoms with Crippen molar-refractivity contribution in [3.05, 3.63) is 83.3 Å². The quantitative estimate of drug-likeness (QED) is 0.463. The van der Waals surface area contributed by atoms with Gasteiger partial charge in [0.15, 0.2) is 0 Å². The molecule has 140 valence electrons. The minimum atomic E-state index is 0.701. The Bertz CT molecular complexity index is 1090. The normalized spacial score (nSPS) is 10.8. The summed E-state index contributed by atoms with van der Waals surface area (Å²) in [7, 11) is 0. The van der Waals surface area contributed by atoms with Crippen molar-refractivity contribution < 1.29 is 0 Å². The molecular weight excluding hydrogens is 370 g/mol. The first-order valence-corrected chi connectivity index (χ1v) is 9.50. The van der Waals surface area contributed by atoms with Gasteiger partial charge in [-0.2, -0.15) is 0 Å². The van der Waals surface area contributed by atoms with Crippen molar-refractivity contribution in [1.29, 1.82) is 0 Å². The highest BCUT2D eigenvalue weighted by Crippen LogP contribution is 2.24. The maximum absolute atomic E-state index is 5.94. The lowest BCUT2D eigenvalue weighted by Gasteiger charge is -2.11. The van der Waals surface area contributed by atoms with Crippen LogP contribution in [0.2, 0.25) is 5.02 Å². The molecule has 0 bridgehead atoms. The summed E-state index contributed by atoms with van der Waals surface area (Å²) in [6.45, 7) is 2.66. The summed E-state index contributed by atoms with van der Waals surface area (Å²) in [4.78, 5) is 13.5. The molecule has 0 aliphatic rings. The largest absolute Gasteiger partial charge is 0.370 e. The molecule has 6 heteroatoms. The summed E-state index contributed by atoms with van der Waals surface area (Å²) < 4.78 is 0. The number of nitrogens with one attached hydrogen (secondary N) is 2. The number of para-hydroxylation sites is 1. The van der Waals surface area contributed by atoms with Gasteiger partial charge in [-0.05, 0) is 43.2 Å². The van der Waals surface area contributed by atoms with Crippen LogP contribution in [-0.2, 0) is 6.42 Å².